The standard InChI is InChI=1S/C12H16ClN3O/c1-9-5-3-2-4-8-16(9)12(17)10-6-7-11(13)15-14-10/h6-7,9H,2-5,8H2,1H3. The van der Waals surface area contributed by atoms with Crippen LogP contribution in [0.5, 0.6) is 0 Å². The average molecular weight is 254 g/mol. The van der Waals surface area contributed by atoms with E-state index in [1.54, 1.807) is 12.1 Å². The highest BCUT2D eigenvalue weighted by Crippen LogP contribution is 2.18. The predicted molar refractivity (Wildman–Crippen MR) is 66.0 cm³/mol. The van der Waals surface area contributed by atoms with E-state index in [9.17, 15) is 4.79 Å². The SMILES string of the molecule is CC1CCCCCN1C(=O)c1ccc(Cl)nn1. The molecular formula is C12H16ClN3O. The summed E-state index contributed by atoms with van der Waals surface area (Å²) in [4.78, 5) is 14.1. The van der Waals surface area contributed by atoms with Gasteiger partial charge < -0.3 is 4.90 Å². The first-order valence-electron chi connectivity index (χ1n) is 5.98. The highest BCUT2D eigenvalue weighted by molar-refractivity contribution is 6.29. The number of rotatable bonds is 1. The molecule has 0 N–H and O–H groups in total. The first-order valence-corrected chi connectivity index (χ1v) is 6.36. The highest BCUT2D eigenvalue weighted by atomic mass is 35.5. The fraction of sp³-hybridized carbons (Fsp3) is 0.583. The van der Waals surface area contributed by atoms with Crippen LogP contribution in [0, 0.1) is 0 Å². The highest BCUT2D eigenvalue weighted by Gasteiger charge is 2.24. The van der Waals surface area contributed by atoms with Crippen LogP contribution >= 0.6 is 11.6 Å². The molecule has 0 spiro atoms. The van der Waals surface area contributed by atoms with Crippen molar-refractivity contribution in [2.24, 2.45) is 0 Å². The molecule has 4 nitrogen and oxygen atoms in total. The quantitative estimate of drug-likeness (QED) is 0.773. The average Bonchev–Trinajstić information content (AvgIpc) is 2.54. The van der Waals surface area contributed by atoms with Gasteiger partial charge in [-0.3, -0.25) is 4.79 Å². The smallest absolute Gasteiger partial charge is 0.274 e. The maximum atomic E-state index is 12.3. The molecule has 17 heavy (non-hydrogen) atoms. The Kier molecular flexibility index (Phi) is 3.94. The third-order valence-corrected chi connectivity index (χ3v) is 3.37. The van der Waals surface area contributed by atoms with Gasteiger partial charge >= 0.3 is 0 Å². The van der Waals surface area contributed by atoms with Crippen LogP contribution in [0.25, 0.3) is 0 Å². The molecule has 1 saturated heterocycles. The summed E-state index contributed by atoms with van der Waals surface area (Å²) in [6.07, 6.45) is 4.52. The summed E-state index contributed by atoms with van der Waals surface area (Å²) in [6.45, 7) is 2.90. The van der Waals surface area contributed by atoms with Crippen molar-refractivity contribution < 1.29 is 4.79 Å². The maximum absolute atomic E-state index is 12.3. The molecule has 1 aliphatic rings. The molecule has 0 saturated carbocycles. The molecule has 1 amide bonds. The van der Waals surface area contributed by atoms with Gasteiger partial charge in [-0.2, -0.15) is 0 Å². The monoisotopic (exact) mass is 253 g/mol. The van der Waals surface area contributed by atoms with Gasteiger partial charge in [0, 0.05) is 12.6 Å². The van der Waals surface area contributed by atoms with Crippen molar-refractivity contribution in [1.82, 2.24) is 15.1 Å². The molecule has 92 valence electrons. The van der Waals surface area contributed by atoms with Crippen LogP contribution in [0.4, 0.5) is 0 Å². The van der Waals surface area contributed by atoms with Gasteiger partial charge in [-0.15, -0.1) is 10.2 Å². The summed E-state index contributed by atoms with van der Waals surface area (Å²) in [5, 5.41) is 7.87. The van der Waals surface area contributed by atoms with Crippen LogP contribution in [-0.2, 0) is 0 Å². The number of aromatic nitrogens is 2. The van der Waals surface area contributed by atoms with E-state index in [4.69, 9.17) is 11.6 Å². The number of halogens is 1. The topological polar surface area (TPSA) is 46.1 Å². The van der Waals surface area contributed by atoms with E-state index in [0.717, 1.165) is 19.4 Å². The van der Waals surface area contributed by atoms with Crippen LogP contribution in [0.2, 0.25) is 5.15 Å². The molecule has 0 bridgehead atoms. The second-order valence-electron chi connectivity index (χ2n) is 4.44. The first-order chi connectivity index (χ1) is 8.18. The Labute approximate surface area is 106 Å². The number of carbonyl (C=O) groups is 1. The third-order valence-electron chi connectivity index (χ3n) is 3.16. The van der Waals surface area contributed by atoms with Crippen molar-refractivity contribution in [2.75, 3.05) is 6.54 Å². The summed E-state index contributed by atoms with van der Waals surface area (Å²) >= 11 is 5.66. The molecule has 2 heterocycles. The van der Waals surface area contributed by atoms with Crippen molar-refractivity contribution in [1.29, 1.82) is 0 Å². The molecule has 1 aromatic rings. The normalized spacial score (nSPS) is 21.1. The van der Waals surface area contributed by atoms with Crippen molar-refractivity contribution in [3.05, 3.63) is 23.0 Å². The van der Waals surface area contributed by atoms with Gasteiger partial charge in [0.1, 0.15) is 0 Å². The van der Waals surface area contributed by atoms with E-state index in [2.05, 4.69) is 17.1 Å². The van der Waals surface area contributed by atoms with E-state index in [1.807, 2.05) is 4.90 Å². The lowest BCUT2D eigenvalue weighted by atomic mass is 10.1. The Balaban J connectivity index is 2.15. The van der Waals surface area contributed by atoms with E-state index in [-0.39, 0.29) is 11.9 Å². The largest absolute Gasteiger partial charge is 0.335 e. The van der Waals surface area contributed by atoms with Gasteiger partial charge in [-0.25, -0.2) is 0 Å². The molecule has 1 fully saturated rings. The first kappa shape index (κ1) is 12.3. The lowest BCUT2D eigenvalue weighted by molar-refractivity contribution is 0.0690. The second kappa shape index (κ2) is 5.45. The van der Waals surface area contributed by atoms with Crippen LogP contribution in [0.1, 0.15) is 43.1 Å². The van der Waals surface area contributed by atoms with Gasteiger partial charge in [-0.05, 0) is 31.9 Å². The molecule has 1 atom stereocenters. The molecule has 2 rings (SSSR count). The summed E-state index contributed by atoms with van der Waals surface area (Å²) < 4.78 is 0. The fourth-order valence-corrected chi connectivity index (χ4v) is 2.25. The van der Waals surface area contributed by atoms with Crippen LogP contribution in [-0.4, -0.2) is 33.6 Å². The van der Waals surface area contributed by atoms with Crippen LogP contribution in [0.3, 0.4) is 0 Å². The lowest BCUT2D eigenvalue weighted by Gasteiger charge is -2.26. The van der Waals surface area contributed by atoms with E-state index in [0.29, 0.717) is 10.8 Å². The van der Waals surface area contributed by atoms with Crippen molar-refractivity contribution >= 4 is 17.5 Å². The molecule has 1 unspecified atom stereocenters. The second-order valence-corrected chi connectivity index (χ2v) is 4.83. The van der Waals surface area contributed by atoms with Crippen molar-refractivity contribution in [3.8, 4) is 0 Å². The van der Waals surface area contributed by atoms with E-state index < -0.39 is 0 Å². The zero-order valence-corrected chi connectivity index (χ0v) is 10.7. The van der Waals surface area contributed by atoms with Gasteiger partial charge in [0.25, 0.3) is 5.91 Å². The third kappa shape index (κ3) is 2.94. The Hall–Kier alpha value is -1.16. The van der Waals surface area contributed by atoms with Crippen LogP contribution < -0.4 is 0 Å². The van der Waals surface area contributed by atoms with Crippen molar-refractivity contribution in [2.45, 2.75) is 38.6 Å². The fourth-order valence-electron chi connectivity index (χ4n) is 2.15. The Bertz CT molecular complexity index is 393. The summed E-state index contributed by atoms with van der Waals surface area (Å²) in [6, 6.07) is 3.52. The van der Waals surface area contributed by atoms with E-state index >= 15 is 0 Å². The van der Waals surface area contributed by atoms with Gasteiger partial charge in [0.2, 0.25) is 0 Å². The van der Waals surface area contributed by atoms with Gasteiger partial charge in [-0.1, -0.05) is 24.4 Å². The number of carbonyl (C=O) groups excluding carboxylic acids is 1. The molecule has 0 aromatic carbocycles. The molecule has 0 radical (unpaired) electrons. The Morgan fingerprint density at radius 2 is 2.18 bits per heavy atom. The van der Waals surface area contributed by atoms with Gasteiger partial charge in [0.05, 0.1) is 0 Å². The molecule has 5 heteroatoms. The summed E-state index contributed by atoms with van der Waals surface area (Å²) in [5.41, 5.74) is 0.378. The zero-order chi connectivity index (χ0) is 12.3. The number of nitrogens with zero attached hydrogens (tertiary/aromatic N) is 3. The Morgan fingerprint density at radius 1 is 1.35 bits per heavy atom. The summed E-state index contributed by atoms with van der Waals surface area (Å²) in [7, 11) is 0. The zero-order valence-electron chi connectivity index (χ0n) is 9.90. The minimum Gasteiger partial charge on any atom is -0.335 e. The number of likely N-dealkylation sites (tertiary alicyclic amines) is 1. The number of hydrogen-bond donors (Lipinski definition) is 0. The minimum atomic E-state index is -0.0384. The Morgan fingerprint density at radius 3 is 2.88 bits per heavy atom. The molecule has 1 aromatic heterocycles. The van der Waals surface area contributed by atoms with Gasteiger partial charge in [0.15, 0.2) is 10.8 Å². The summed E-state index contributed by atoms with van der Waals surface area (Å²) in [5.74, 6) is -0.0384. The van der Waals surface area contributed by atoms with Crippen LogP contribution in [0.15, 0.2) is 12.1 Å². The number of hydrogen-bond acceptors (Lipinski definition) is 3. The maximum Gasteiger partial charge on any atom is 0.274 e. The molecule has 0 aliphatic carbocycles. The predicted octanol–water partition coefficient (Wildman–Crippen LogP) is 2.53. The lowest BCUT2D eigenvalue weighted by Crippen LogP contribution is -2.38. The number of amides is 1. The van der Waals surface area contributed by atoms with Crippen molar-refractivity contribution in [3.63, 3.8) is 0 Å². The minimum absolute atomic E-state index is 0.0384. The molecule has 1 aliphatic heterocycles. The molecular weight excluding hydrogens is 238 g/mol. The van der Waals surface area contributed by atoms with E-state index in [1.165, 1.54) is 12.8 Å².